The molecule has 1 heterocycles. The van der Waals surface area contributed by atoms with Gasteiger partial charge in [0.05, 0.1) is 12.4 Å². The molecule has 0 saturated carbocycles. The monoisotopic (exact) mass is 286 g/mol. The maximum Gasteiger partial charge on any atom is 0.364 e. The van der Waals surface area contributed by atoms with Gasteiger partial charge in [0.2, 0.25) is 0 Å². The second-order valence-corrected chi connectivity index (χ2v) is 5.52. The smallest absolute Gasteiger partial charge is 0.364 e. The van der Waals surface area contributed by atoms with Crippen molar-refractivity contribution in [2.24, 2.45) is 4.99 Å². The molecule has 0 spiro atoms. The molecule has 0 bridgehead atoms. The minimum Gasteiger partial charge on any atom is -0.377 e. The summed E-state index contributed by atoms with van der Waals surface area (Å²) in [5.74, 6) is 0. The SMILES string of the molecule is CS/C(=N\c1ccccc1C)[n+]1ccc(N(C)C)cc1. The molecular formula is C16H20N3S+. The number of aryl methyl sites for hydroxylation is 1. The number of aliphatic imine (C=N–C) groups is 1. The molecule has 104 valence electrons. The van der Waals surface area contributed by atoms with Crippen molar-refractivity contribution in [2.75, 3.05) is 25.3 Å². The van der Waals surface area contributed by atoms with E-state index < -0.39 is 0 Å². The van der Waals surface area contributed by atoms with Gasteiger partial charge < -0.3 is 4.90 Å². The summed E-state index contributed by atoms with van der Waals surface area (Å²) in [5.41, 5.74) is 3.38. The zero-order chi connectivity index (χ0) is 14.5. The van der Waals surface area contributed by atoms with E-state index in [9.17, 15) is 0 Å². The van der Waals surface area contributed by atoms with Gasteiger partial charge in [-0.25, -0.2) is 0 Å². The molecule has 0 aliphatic heterocycles. The number of benzene rings is 1. The molecule has 0 amide bonds. The maximum absolute atomic E-state index is 4.75. The van der Waals surface area contributed by atoms with E-state index in [-0.39, 0.29) is 0 Å². The van der Waals surface area contributed by atoms with Crippen LogP contribution in [0.3, 0.4) is 0 Å². The minimum atomic E-state index is 0.963. The van der Waals surface area contributed by atoms with Gasteiger partial charge in [-0.05, 0) is 36.0 Å². The first-order chi connectivity index (χ1) is 9.61. The van der Waals surface area contributed by atoms with Crippen LogP contribution >= 0.6 is 11.8 Å². The highest BCUT2D eigenvalue weighted by molar-refractivity contribution is 8.12. The summed E-state index contributed by atoms with van der Waals surface area (Å²) in [5, 5.41) is 0.963. The van der Waals surface area contributed by atoms with Gasteiger partial charge in [0.1, 0.15) is 0 Å². The molecule has 1 aromatic heterocycles. The number of nitrogens with zero attached hydrogens (tertiary/aromatic N) is 3. The molecular weight excluding hydrogens is 266 g/mol. The molecule has 3 nitrogen and oxygen atoms in total. The third kappa shape index (κ3) is 3.39. The Morgan fingerprint density at radius 3 is 2.30 bits per heavy atom. The molecule has 0 atom stereocenters. The summed E-state index contributed by atoms with van der Waals surface area (Å²) in [6, 6.07) is 12.3. The van der Waals surface area contributed by atoms with E-state index in [0.717, 1.165) is 10.9 Å². The Labute approximate surface area is 125 Å². The van der Waals surface area contributed by atoms with Crippen molar-refractivity contribution in [3.63, 3.8) is 0 Å². The molecule has 2 aromatic rings. The highest BCUT2D eigenvalue weighted by Crippen LogP contribution is 2.18. The molecule has 0 unspecified atom stereocenters. The lowest BCUT2D eigenvalue weighted by atomic mass is 10.2. The highest BCUT2D eigenvalue weighted by Gasteiger charge is 2.13. The summed E-state index contributed by atoms with van der Waals surface area (Å²) >= 11 is 1.64. The lowest BCUT2D eigenvalue weighted by Gasteiger charge is -2.11. The molecule has 20 heavy (non-hydrogen) atoms. The second kappa shape index (κ2) is 6.57. The molecule has 0 radical (unpaired) electrons. The first-order valence-corrected chi connectivity index (χ1v) is 7.71. The molecule has 2 rings (SSSR count). The normalized spacial score (nSPS) is 11.5. The highest BCUT2D eigenvalue weighted by atomic mass is 32.2. The summed E-state index contributed by atoms with van der Waals surface area (Å²) < 4.78 is 2.05. The standard InChI is InChI=1S/C16H20N3S/c1-13-7-5-6-8-15(13)17-16(20-4)19-11-9-14(10-12-19)18(2)3/h5-12H,1-4H3/q+1/b17-16-. The summed E-state index contributed by atoms with van der Waals surface area (Å²) in [6.45, 7) is 2.08. The van der Waals surface area contributed by atoms with Crippen LogP contribution in [0.2, 0.25) is 0 Å². The van der Waals surface area contributed by atoms with Gasteiger partial charge >= 0.3 is 5.17 Å². The fourth-order valence-corrected chi connectivity index (χ4v) is 2.37. The van der Waals surface area contributed by atoms with Crippen molar-refractivity contribution < 1.29 is 4.57 Å². The van der Waals surface area contributed by atoms with Gasteiger partial charge in [0.15, 0.2) is 5.69 Å². The minimum absolute atomic E-state index is 0.963. The number of hydrogen-bond acceptors (Lipinski definition) is 3. The fourth-order valence-electron chi connectivity index (χ4n) is 1.84. The summed E-state index contributed by atoms with van der Waals surface area (Å²) in [7, 11) is 4.08. The van der Waals surface area contributed by atoms with Crippen LogP contribution in [0.25, 0.3) is 0 Å². The molecule has 0 N–H and O–H groups in total. The van der Waals surface area contributed by atoms with Crippen molar-refractivity contribution in [1.29, 1.82) is 0 Å². The quantitative estimate of drug-likeness (QED) is 0.479. The van der Waals surface area contributed by atoms with Crippen molar-refractivity contribution in [2.45, 2.75) is 6.92 Å². The first kappa shape index (κ1) is 14.6. The third-order valence-electron chi connectivity index (χ3n) is 3.06. The second-order valence-electron chi connectivity index (χ2n) is 4.74. The van der Waals surface area contributed by atoms with Crippen LogP contribution in [-0.2, 0) is 0 Å². The fraction of sp³-hybridized carbons (Fsp3) is 0.250. The molecule has 0 saturated heterocycles. The van der Waals surface area contributed by atoms with E-state index in [1.807, 2.05) is 55.5 Å². The average molecular weight is 286 g/mol. The number of anilines is 1. The molecule has 1 aromatic carbocycles. The van der Waals surface area contributed by atoms with Gasteiger partial charge in [0.25, 0.3) is 0 Å². The van der Waals surface area contributed by atoms with E-state index in [1.54, 1.807) is 11.8 Å². The summed E-state index contributed by atoms with van der Waals surface area (Å²) in [6.07, 6.45) is 6.13. The van der Waals surface area contributed by atoms with Crippen LogP contribution in [0, 0.1) is 6.92 Å². The third-order valence-corrected chi connectivity index (χ3v) is 3.73. The first-order valence-electron chi connectivity index (χ1n) is 6.49. The van der Waals surface area contributed by atoms with Gasteiger partial charge in [-0.2, -0.15) is 4.57 Å². The van der Waals surface area contributed by atoms with Crippen molar-refractivity contribution in [1.82, 2.24) is 0 Å². The van der Waals surface area contributed by atoms with Gasteiger partial charge in [-0.3, -0.25) is 0 Å². The van der Waals surface area contributed by atoms with Crippen LogP contribution in [-0.4, -0.2) is 25.5 Å². The van der Waals surface area contributed by atoms with Gasteiger partial charge in [0, 0.05) is 37.5 Å². The van der Waals surface area contributed by atoms with Gasteiger partial charge in [-0.1, -0.05) is 18.2 Å². The Bertz CT molecular complexity index is 603. The van der Waals surface area contributed by atoms with E-state index in [0.29, 0.717) is 0 Å². The number of pyridine rings is 1. The number of para-hydroxylation sites is 1. The number of hydrogen-bond donors (Lipinski definition) is 0. The Hall–Kier alpha value is -1.81. The van der Waals surface area contributed by atoms with E-state index in [1.165, 1.54) is 11.3 Å². The van der Waals surface area contributed by atoms with Crippen LogP contribution in [0.15, 0.2) is 53.8 Å². The zero-order valence-corrected chi connectivity index (χ0v) is 13.2. The lowest BCUT2D eigenvalue weighted by molar-refractivity contribution is -0.549. The van der Waals surface area contributed by atoms with Crippen LogP contribution in [0.5, 0.6) is 0 Å². The van der Waals surface area contributed by atoms with Gasteiger partial charge in [-0.15, -0.1) is 0 Å². The summed E-state index contributed by atoms with van der Waals surface area (Å²) in [4.78, 5) is 6.84. The lowest BCUT2D eigenvalue weighted by Crippen LogP contribution is -2.39. The van der Waals surface area contributed by atoms with Crippen molar-refractivity contribution >= 4 is 28.3 Å². The van der Waals surface area contributed by atoms with Crippen LogP contribution < -0.4 is 9.47 Å². The van der Waals surface area contributed by atoms with Crippen molar-refractivity contribution in [3.8, 4) is 0 Å². The van der Waals surface area contributed by atoms with E-state index >= 15 is 0 Å². The largest absolute Gasteiger partial charge is 0.377 e. The zero-order valence-electron chi connectivity index (χ0n) is 12.4. The predicted molar refractivity (Wildman–Crippen MR) is 88.2 cm³/mol. The van der Waals surface area contributed by atoms with Crippen LogP contribution in [0.1, 0.15) is 5.56 Å². The van der Waals surface area contributed by atoms with E-state index in [4.69, 9.17) is 4.99 Å². The Kier molecular flexibility index (Phi) is 4.79. The molecule has 0 aliphatic carbocycles. The Morgan fingerprint density at radius 1 is 1.10 bits per heavy atom. The molecule has 4 heteroatoms. The van der Waals surface area contributed by atoms with Crippen LogP contribution in [0.4, 0.5) is 11.4 Å². The Morgan fingerprint density at radius 2 is 1.75 bits per heavy atom. The van der Waals surface area contributed by atoms with E-state index in [2.05, 4.69) is 30.0 Å². The number of thioether (sulfide) groups is 1. The Balaban J connectivity index is 2.35. The number of rotatable bonds is 2. The maximum atomic E-state index is 4.75. The number of aromatic nitrogens is 1. The van der Waals surface area contributed by atoms with Crippen molar-refractivity contribution in [3.05, 3.63) is 54.4 Å². The average Bonchev–Trinajstić information content (AvgIpc) is 2.46. The molecule has 0 fully saturated rings. The molecule has 0 aliphatic rings. The topological polar surface area (TPSA) is 19.5 Å². The predicted octanol–water partition coefficient (Wildman–Crippen LogP) is 3.25.